The number of hydrogen-bond acceptors (Lipinski definition) is 5. The molecule has 0 atom stereocenters. The van der Waals surface area contributed by atoms with Gasteiger partial charge < -0.3 is 14.9 Å². The smallest absolute Gasteiger partial charge is 0.492 e. The Kier molecular flexibility index (Phi) is 3.82. The van der Waals surface area contributed by atoms with E-state index in [0.29, 0.717) is 9.75 Å². The molecule has 2 aromatic rings. The van der Waals surface area contributed by atoms with E-state index < -0.39 is 17.9 Å². The fourth-order valence-electron chi connectivity index (χ4n) is 1.32. The number of nitrogens with zero attached hydrogens (tertiary/aromatic N) is 1. The molecule has 0 aliphatic heterocycles. The lowest BCUT2D eigenvalue weighted by atomic mass is 10.2. The molecule has 1 aromatic heterocycles. The Labute approximate surface area is 113 Å². The number of carbonyl (C=O) groups is 1. The summed E-state index contributed by atoms with van der Waals surface area (Å²) in [7, 11) is 0. The maximum Gasteiger partial charge on any atom is 0.534 e. The first kappa shape index (κ1) is 13.1. The van der Waals surface area contributed by atoms with E-state index in [4.69, 9.17) is 16.3 Å². The SMILES string of the molecule is O=C(OCc1ccc(Cl)cc1)On1c(O)ccc1O. The van der Waals surface area contributed by atoms with Crippen LogP contribution in [0.1, 0.15) is 5.56 Å². The second-order valence-electron chi connectivity index (χ2n) is 3.60. The van der Waals surface area contributed by atoms with E-state index in [1.54, 1.807) is 24.3 Å². The van der Waals surface area contributed by atoms with Crippen molar-refractivity contribution in [3.63, 3.8) is 0 Å². The van der Waals surface area contributed by atoms with Crippen molar-refractivity contribution in [2.45, 2.75) is 6.61 Å². The Morgan fingerprint density at radius 2 is 1.68 bits per heavy atom. The predicted octanol–water partition coefficient (Wildman–Crippen LogP) is 2.32. The number of halogens is 1. The Balaban J connectivity index is 1.90. The second-order valence-corrected chi connectivity index (χ2v) is 4.04. The molecule has 0 fully saturated rings. The summed E-state index contributed by atoms with van der Waals surface area (Å²) in [5.74, 6) is -0.832. The number of aromatic hydroxyl groups is 2. The highest BCUT2D eigenvalue weighted by Crippen LogP contribution is 2.19. The fourth-order valence-corrected chi connectivity index (χ4v) is 1.45. The van der Waals surface area contributed by atoms with E-state index in [2.05, 4.69) is 4.84 Å². The van der Waals surface area contributed by atoms with Crippen molar-refractivity contribution in [1.29, 1.82) is 0 Å². The molecule has 0 unspecified atom stereocenters. The van der Waals surface area contributed by atoms with E-state index in [9.17, 15) is 15.0 Å². The van der Waals surface area contributed by atoms with Crippen LogP contribution >= 0.6 is 11.6 Å². The van der Waals surface area contributed by atoms with E-state index in [1.807, 2.05) is 0 Å². The quantitative estimate of drug-likeness (QED) is 0.845. The van der Waals surface area contributed by atoms with Crippen LogP contribution in [-0.2, 0) is 11.3 Å². The van der Waals surface area contributed by atoms with Gasteiger partial charge in [0.25, 0.3) is 0 Å². The Bertz CT molecular complexity index is 559. The molecule has 0 saturated heterocycles. The van der Waals surface area contributed by atoms with E-state index in [-0.39, 0.29) is 6.61 Å². The lowest BCUT2D eigenvalue weighted by Crippen LogP contribution is -2.19. The zero-order valence-electron chi connectivity index (χ0n) is 9.62. The highest BCUT2D eigenvalue weighted by atomic mass is 35.5. The first-order valence-corrected chi connectivity index (χ1v) is 5.63. The maximum atomic E-state index is 11.3. The molecule has 100 valence electrons. The van der Waals surface area contributed by atoms with E-state index >= 15 is 0 Å². The Morgan fingerprint density at radius 3 is 2.26 bits per heavy atom. The van der Waals surface area contributed by atoms with Gasteiger partial charge in [0.2, 0.25) is 11.8 Å². The minimum Gasteiger partial charge on any atom is -0.492 e. The van der Waals surface area contributed by atoms with Crippen molar-refractivity contribution in [3.8, 4) is 11.8 Å². The summed E-state index contributed by atoms with van der Waals surface area (Å²) in [6, 6.07) is 9.05. The topological polar surface area (TPSA) is 80.9 Å². The Hall–Kier alpha value is -2.34. The van der Waals surface area contributed by atoms with Gasteiger partial charge in [-0.2, -0.15) is 0 Å². The van der Waals surface area contributed by atoms with Gasteiger partial charge in [0.1, 0.15) is 6.61 Å². The van der Waals surface area contributed by atoms with Gasteiger partial charge in [-0.05, 0) is 17.7 Å². The summed E-state index contributed by atoms with van der Waals surface area (Å²) in [5, 5.41) is 19.1. The monoisotopic (exact) mass is 283 g/mol. The molecular formula is C12H10ClNO5. The van der Waals surface area contributed by atoms with Crippen LogP contribution in [0.3, 0.4) is 0 Å². The summed E-state index contributed by atoms with van der Waals surface area (Å²) >= 11 is 5.71. The summed E-state index contributed by atoms with van der Waals surface area (Å²) in [6.07, 6.45) is -1.06. The molecule has 2 N–H and O–H groups in total. The summed E-state index contributed by atoms with van der Waals surface area (Å²) in [6.45, 7) is -0.0151. The molecule has 0 radical (unpaired) electrons. The third-order valence-corrected chi connectivity index (χ3v) is 2.49. The van der Waals surface area contributed by atoms with Crippen molar-refractivity contribution < 1.29 is 24.6 Å². The van der Waals surface area contributed by atoms with Gasteiger partial charge in [0.05, 0.1) is 0 Å². The van der Waals surface area contributed by atoms with Crippen LogP contribution in [-0.4, -0.2) is 21.1 Å². The van der Waals surface area contributed by atoms with Gasteiger partial charge in [-0.3, -0.25) is 4.84 Å². The number of carbonyl (C=O) groups excluding carboxylic acids is 1. The summed E-state index contributed by atoms with van der Waals surface area (Å²) in [5.41, 5.74) is 0.724. The average Bonchev–Trinajstić information content (AvgIpc) is 2.70. The zero-order chi connectivity index (χ0) is 13.8. The predicted molar refractivity (Wildman–Crippen MR) is 66.0 cm³/mol. The molecule has 0 aliphatic carbocycles. The normalized spacial score (nSPS) is 10.2. The highest BCUT2D eigenvalue weighted by Gasteiger charge is 2.13. The molecule has 1 aromatic carbocycles. The van der Waals surface area contributed by atoms with Crippen LogP contribution in [0.25, 0.3) is 0 Å². The number of ether oxygens (including phenoxy) is 1. The minimum atomic E-state index is -1.06. The van der Waals surface area contributed by atoms with Crippen molar-refractivity contribution in [2.75, 3.05) is 0 Å². The summed E-state index contributed by atoms with van der Waals surface area (Å²) < 4.78 is 5.35. The van der Waals surface area contributed by atoms with Crippen molar-refractivity contribution in [3.05, 3.63) is 47.0 Å². The molecule has 7 heteroatoms. The van der Waals surface area contributed by atoms with Crippen LogP contribution < -0.4 is 4.84 Å². The number of aromatic nitrogens is 1. The molecule has 0 spiro atoms. The largest absolute Gasteiger partial charge is 0.534 e. The fraction of sp³-hybridized carbons (Fsp3) is 0.0833. The van der Waals surface area contributed by atoms with Gasteiger partial charge in [-0.25, -0.2) is 4.79 Å². The molecule has 6 nitrogen and oxygen atoms in total. The molecule has 19 heavy (non-hydrogen) atoms. The van der Waals surface area contributed by atoms with Gasteiger partial charge in [-0.1, -0.05) is 23.7 Å². The van der Waals surface area contributed by atoms with Crippen LogP contribution in [0.15, 0.2) is 36.4 Å². The molecule has 1 heterocycles. The molecular weight excluding hydrogens is 274 g/mol. The molecule has 0 amide bonds. The van der Waals surface area contributed by atoms with Gasteiger partial charge >= 0.3 is 6.16 Å². The Morgan fingerprint density at radius 1 is 1.11 bits per heavy atom. The van der Waals surface area contributed by atoms with E-state index in [1.165, 1.54) is 12.1 Å². The van der Waals surface area contributed by atoms with Crippen LogP contribution in [0.4, 0.5) is 4.79 Å². The van der Waals surface area contributed by atoms with E-state index in [0.717, 1.165) is 5.56 Å². The average molecular weight is 284 g/mol. The lowest BCUT2D eigenvalue weighted by molar-refractivity contribution is 0.0310. The number of benzene rings is 1. The first-order valence-electron chi connectivity index (χ1n) is 5.25. The lowest BCUT2D eigenvalue weighted by Gasteiger charge is -2.07. The van der Waals surface area contributed by atoms with Crippen LogP contribution in [0.5, 0.6) is 11.8 Å². The van der Waals surface area contributed by atoms with Crippen molar-refractivity contribution in [2.24, 2.45) is 0 Å². The molecule has 0 bridgehead atoms. The standard InChI is InChI=1S/C12H10ClNO5/c13-9-3-1-8(2-4-9)7-18-12(17)19-14-10(15)5-6-11(14)16/h1-6,15-16H,7H2. The number of hydrogen-bond donors (Lipinski definition) is 2. The van der Waals surface area contributed by atoms with Gasteiger partial charge in [0.15, 0.2) is 0 Å². The van der Waals surface area contributed by atoms with Gasteiger partial charge in [0, 0.05) is 17.2 Å². The minimum absolute atomic E-state index is 0.0151. The summed E-state index contributed by atoms with van der Waals surface area (Å²) in [4.78, 5) is 15.9. The second kappa shape index (κ2) is 5.53. The molecule has 2 rings (SSSR count). The molecule has 0 aliphatic rings. The van der Waals surface area contributed by atoms with Crippen LogP contribution in [0, 0.1) is 0 Å². The third-order valence-electron chi connectivity index (χ3n) is 2.23. The van der Waals surface area contributed by atoms with Gasteiger partial charge in [-0.15, -0.1) is 4.73 Å². The zero-order valence-corrected chi connectivity index (χ0v) is 10.4. The van der Waals surface area contributed by atoms with Crippen LogP contribution in [0.2, 0.25) is 5.02 Å². The van der Waals surface area contributed by atoms with Crippen molar-refractivity contribution >= 4 is 17.8 Å². The van der Waals surface area contributed by atoms with Crippen molar-refractivity contribution in [1.82, 2.24) is 4.73 Å². The third kappa shape index (κ3) is 3.32. The first-order chi connectivity index (χ1) is 9.06. The highest BCUT2D eigenvalue weighted by molar-refractivity contribution is 6.30. The molecule has 0 saturated carbocycles. The maximum absolute atomic E-state index is 11.3. The number of rotatable bonds is 3.